The molecule has 1 aliphatic rings. The van der Waals surface area contributed by atoms with Gasteiger partial charge in [0.2, 0.25) is 11.7 Å². The van der Waals surface area contributed by atoms with Gasteiger partial charge in [0.05, 0.1) is 19.3 Å². The molecule has 1 aliphatic heterocycles. The Morgan fingerprint density at radius 2 is 2.08 bits per heavy atom. The SMILES string of the molecule is COc1ccc(CN2CCC2c2nc(-c3ccc(F)cn3)no2)cc1. The molecule has 4 rings (SSSR count). The highest BCUT2D eigenvalue weighted by Gasteiger charge is 2.34. The van der Waals surface area contributed by atoms with Gasteiger partial charge in [-0.25, -0.2) is 9.37 Å². The number of likely N-dealkylation sites (tertiary alicyclic amines) is 1. The van der Waals surface area contributed by atoms with Crippen LogP contribution in [0.5, 0.6) is 5.75 Å². The quantitative estimate of drug-likeness (QED) is 0.710. The maximum Gasteiger partial charge on any atom is 0.244 e. The van der Waals surface area contributed by atoms with Crippen molar-refractivity contribution in [2.45, 2.75) is 19.0 Å². The summed E-state index contributed by atoms with van der Waals surface area (Å²) < 4.78 is 23.5. The van der Waals surface area contributed by atoms with Gasteiger partial charge in [0, 0.05) is 13.1 Å². The lowest BCUT2D eigenvalue weighted by Gasteiger charge is -2.38. The summed E-state index contributed by atoms with van der Waals surface area (Å²) in [6.45, 7) is 1.78. The summed E-state index contributed by atoms with van der Waals surface area (Å²) in [6, 6.07) is 11.0. The Labute approximate surface area is 144 Å². The van der Waals surface area contributed by atoms with Gasteiger partial charge in [-0.1, -0.05) is 17.3 Å². The highest BCUT2D eigenvalue weighted by atomic mass is 19.1. The van der Waals surface area contributed by atoms with Crippen molar-refractivity contribution in [1.82, 2.24) is 20.0 Å². The minimum Gasteiger partial charge on any atom is -0.497 e. The number of hydrogen-bond donors (Lipinski definition) is 0. The van der Waals surface area contributed by atoms with E-state index in [1.54, 1.807) is 13.2 Å². The average molecular weight is 340 g/mol. The van der Waals surface area contributed by atoms with Crippen molar-refractivity contribution in [3.63, 3.8) is 0 Å². The molecular weight excluding hydrogens is 323 g/mol. The molecule has 1 fully saturated rings. The van der Waals surface area contributed by atoms with Gasteiger partial charge in [-0.15, -0.1) is 0 Å². The number of halogens is 1. The molecule has 0 amide bonds. The summed E-state index contributed by atoms with van der Waals surface area (Å²) in [6.07, 6.45) is 2.11. The first kappa shape index (κ1) is 15.7. The Hall–Kier alpha value is -2.80. The Bertz CT molecular complexity index is 848. The van der Waals surface area contributed by atoms with Gasteiger partial charge in [0.15, 0.2) is 0 Å². The van der Waals surface area contributed by atoms with E-state index in [2.05, 4.69) is 32.2 Å². The van der Waals surface area contributed by atoms with Crippen LogP contribution in [0.1, 0.15) is 23.9 Å². The largest absolute Gasteiger partial charge is 0.497 e. The molecule has 7 heteroatoms. The average Bonchev–Trinajstić information content (AvgIpc) is 3.09. The molecule has 6 nitrogen and oxygen atoms in total. The third-order valence-electron chi connectivity index (χ3n) is 4.36. The molecule has 0 saturated carbocycles. The van der Waals surface area contributed by atoms with Crippen molar-refractivity contribution in [3.8, 4) is 17.3 Å². The minimum absolute atomic E-state index is 0.101. The van der Waals surface area contributed by atoms with Crippen molar-refractivity contribution in [1.29, 1.82) is 0 Å². The van der Waals surface area contributed by atoms with Gasteiger partial charge in [-0.2, -0.15) is 4.98 Å². The van der Waals surface area contributed by atoms with Crippen LogP contribution in [0.3, 0.4) is 0 Å². The predicted molar refractivity (Wildman–Crippen MR) is 88.2 cm³/mol. The summed E-state index contributed by atoms with van der Waals surface area (Å²) >= 11 is 0. The molecule has 0 bridgehead atoms. The number of hydrogen-bond acceptors (Lipinski definition) is 6. The standard InChI is InChI=1S/C18H17FN4O2/c1-24-14-5-2-12(3-6-14)11-23-9-8-16(23)18-21-17(22-25-18)15-7-4-13(19)10-20-15/h2-7,10,16H,8-9,11H2,1H3. The Morgan fingerprint density at radius 1 is 1.24 bits per heavy atom. The van der Waals surface area contributed by atoms with E-state index < -0.39 is 5.82 Å². The van der Waals surface area contributed by atoms with Crippen LogP contribution in [0.15, 0.2) is 47.1 Å². The van der Waals surface area contributed by atoms with E-state index in [1.807, 2.05) is 12.1 Å². The highest BCUT2D eigenvalue weighted by molar-refractivity contribution is 5.47. The zero-order chi connectivity index (χ0) is 17.2. The van der Waals surface area contributed by atoms with Crippen molar-refractivity contribution in [2.75, 3.05) is 13.7 Å². The predicted octanol–water partition coefficient (Wildman–Crippen LogP) is 3.23. The van der Waals surface area contributed by atoms with Gasteiger partial charge >= 0.3 is 0 Å². The summed E-state index contributed by atoms with van der Waals surface area (Å²) in [5, 5.41) is 3.97. The number of pyridine rings is 1. The molecule has 1 aromatic carbocycles. The monoisotopic (exact) mass is 340 g/mol. The Balaban J connectivity index is 1.46. The van der Waals surface area contributed by atoms with Crippen LogP contribution >= 0.6 is 0 Å². The van der Waals surface area contributed by atoms with E-state index in [-0.39, 0.29) is 6.04 Å². The number of aromatic nitrogens is 3. The highest BCUT2D eigenvalue weighted by Crippen LogP contribution is 2.34. The lowest BCUT2D eigenvalue weighted by Crippen LogP contribution is -2.40. The molecule has 3 heterocycles. The van der Waals surface area contributed by atoms with Crippen molar-refractivity contribution >= 4 is 0 Å². The molecule has 2 aromatic heterocycles. The van der Waals surface area contributed by atoms with E-state index in [0.29, 0.717) is 17.4 Å². The number of methoxy groups -OCH3 is 1. The van der Waals surface area contributed by atoms with Crippen LogP contribution in [-0.4, -0.2) is 33.7 Å². The summed E-state index contributed by atoms with van der Waals surface area (Å²) in [4.78, 5) is 10.7. The smallest absolute Gasteiger partial charge is 0.244 e. The van der Waals surface area contributed by atoms with Gasteiger partial charge in [0.25, 0.3) is 0 Å². The zero-order valence-electron chi connectivity index (χ0n) is 13.7. The second-order valence-electron chi connectivity index (χ2n) is 5.94. The first-order valence-corrected chi connectivity index (χ1v) is 8.05. The van der Waals surface area contributed by atoms with Crippen molar-refractivity contribution < 1.29 is 13.7 Å². The third kappa shape index (κ3) is 3.23. The molecule has 0 N–H and O–H groups in total. The zero-order valence-corrected chi connectivity index (χ0v) is 13.7. The van der Waals surface area contributed by atoms with Gasteiger partial charge < -0.3 is 9.26 Å². The number of rotatable bonds is 5. The molecule has 1 unspecified atom stereocenters. The van der Waals surface area contributed by atoms with Gasteiger partial charge in [-0.05, 0) is 36.2 Å². The van der Waals surface area contributed by atoms with Crippen LogP contribution in [0.2, 0.25) is 0 Å². The second-order valence-corrected chi connectivity index (χ2v) is 5.94. The normalized spacial score (nSPS) is 17.3. The van der Waals surface area contributed by atoms with E-state index in [0.717, 1.165) is 31.5 Å². The van der Waals surface area contributed by atoms with Crippen molar-refractivity contribution in [2.24, 2.45) is 0 Å². The number of ether oxygens (including phenoxy) is 1. The Morgan fingerprint density at radius 3 is 2.72 bits per heavy atom. The topological polar surface area (TPSA) is 64.3 Å². The first-order chi connectivity index (χ1) is 12.2. The molecule has 128 valence electrons. The molecule has 25 heavy (non-hydrogen) atoms. The second kappa shape index (κ2) is 6.60. The van der Waals surface area contributed by atoms with Crippen LogP contribution in [0, 0.1) is 5.82 Å². The molecule has 3 aromatic rings. The molecule has 0 aliphatic carbocycles. The van der Waals surface area contributed by atoms with Gasteiger partial charge in [0.1, 0.15) is 17.3 Å². The summed E-state index contributed by atoms with van der Waals surface area (Å²) in [5.74, 6) is 1.40. The summed E-state index contributed by atoms with van der Waals surface area (Å²) in [5.41, 5.74) is 1.70. The number of nitrogens with zero attached hydrogens (tertiary/aromatic N) is 4. The van der Waals surface area contributed by atoms with E-state index in [4.69, 9.17) is 9.26 Å². The first-order valence-electron chi connectivity index (χ1n) is 8.05. The lowest BCUT2D eigenvalue weighted by atomic mass is 10.0. The fourth-order valence-electron chi connectivity index (χ4n) is 2.86. The van der Waals surface area contributed by atoms with Crippen LogP contribution in [0.4, 0.5) is 4.39 Å². The molecule has 1 saturated heterocycles. The fourth-order valence-corrected chi connectivity index (χ4v) is 2.86. The van der Waals surface area contributed by atoms with Crippen LogP contribution in [0.25, 0.3) is 11.5 Å². The van der Waals surface area contributed by atoms with Crippen LogP contribution in [-0.2, 0) is 6.54 Å². The maximum atomic E-state index is 13.0. The number of benzene rings is 1. The van der Waals surface area contributed by atoms with E-state index in [9.17, 15) is 4.39 Å². The lowest BCUT2D eigenvalue weighted by molar-refractivity contribution is 0.0561. The van der Waals surface area contributed by atoms with Crippen molar-refractivity contribution in [3.05, 3.63) is 59.9 Å². The molecule has 1 atom stereocenters. The minimum atomic E-state index is -0.392. The maximum absolute atomic E-state index is 13.0. The third-order valence-corrected chi connectivity index (χ3v) is 4.36. The van der Waals surface area contributed by atoms with Crippen LogP contribution < -0.4 is 4.74 Å². The van der Waals surface area contributed by atoms with E-state index in [1.165, 1.54) is 11.6 Å². The Kier molecular flexibility index (Phi) is 4.15. The fraction of sp³-hybridized carbons (Fsp3) is 0.278. The van der Waals surface area contributed by atoms with E-state index >= 15 is 0 Å². The molecule has 0 spiro atoms. The van der Waals surface area contributed by atoms with Gasteiger partial charge in [-0.3, -0.25) is 4.90 Å². The summed E-state index contributed by atoms with van der Waals surface area (Å²) in [7, 11) is 1.66. The molecular formula is C18H17FN4O2. The molecule has 0 radical (unpaired) electrons.